The second-order valence-electron chi connectivity index (χ2n) is 5.73. The van der Waals surface area contributed by atoms with E-state index in [1.807, 2.05) is 67.1 Å². The molecule has 0 aliphatic rings. The molecule has 0 saturated carbocycles. The summed E-state index contributed by atoms with van der Waals surface area (Å²) < 4.78 is 1.85. The molecule has 0 fully saturated rings. The minimum Gasteiger partial charge on any atom is -0.305 e. The van der Waals surface area contributed by atoms with E-state index in [9.17, 15) is 4.79 Å². The zero-order valence-electron chi connectivity index (χ0n) is 13.6. The van der Waals surface area contributed by atoms with Crippen LogP contribution in [-0.4, -0.2) is 15.7 Å². The summed E-state index contributed by atoms with van der Waals surface area (Å²) in [5.41, 5.74) is 3.62. The first kappa shape index (κ1) is 16.3. The van der Waals surface area contributed by atoms with E-state index in [2.05, 4.69) is 10.4 Å². The monoisotopic (exact) mass is 339 g/mol. The number of rotatable bonds is 4. The van der Waals surface area contributed by atoms with Gasteiger partial charge in [0, 0.05) is 22.3 Å². The number of nitrogens with one attached hydrogen (secondary N) is 1. The van der Waals surface area contributed by atoms with E-state index in [-0.39, 0.29) is 5.91 Å². The molecule has 0 aliphatic carbocycles. The predicted molar refractivity (Wildman–Crippen MR) is 96.7 cm³/mol. The Balaban J connectivity index is 1.77. The third-order valence-electron chi connectivity index (χ3n) is 3.83. The van der Waals surface area contributed by atoms with Gasteiger partial charge in [-0.3, -0.25) is 9.48 Å². The molecule has 0 unspecified atom stereocenters. The number of amides is 1. The Labute approximate surface area is 146 Å². The Morgan fingerprint density at radius 3 is 2.67 bits per heavy atom. The Bertz CT molecular complexity index is 886. The van der Waals surface area contributed by atoms with Crippen LogP contribution in [0.15, 0.2) is 54.6 Å². The maximum Gasteiger partial charge on any atom is 0.257 e. The number of carbonyl (C=O) groups excluding carboxylic acids is 1. The fourth-order valence-electron chi connectivity index (χ4n) is 2.55. The zero-order chi connectivity index (χ0) is 17.1. The molecule has 3 rings (SSSR count). The van der Waals surface area contributed by atoms with Gasteiger partial charge < -0.3 is 5.32 Å². The summed E-state index contributed by atoms with van der Waals surface area (Å²) in [6, 6.07) is 17.0. The van der Waals surface area contributed by atoms with Crippen LogP contribution in [0.1, 0.15) is 27.2 Å². The van der Waals surface area contributed by atoms with Crippen molar-refractivity contribution in [2.24, 2.45) is 0 Å². The van der Waals surface area contributed by atoms with Crippen LogP contribution >= 0.6 is 11.6 Å². The summed E-state index contributed by atoms with van der Waals surface area (Å²) in [5.74, 6) is 0.392. The first-order valence-electron chi connectivity index (χ1n) is 7.69. The molecule has 5 heteroatoms. The van der Waals surface area contributed by atoms with E-state index in [1.54, 1.807) is 6.07 Å². The molecule has 4 nitrogen and oxygen atoms in total. The first-order chi connectivity index (χ1) is 11.5. The molecule has 0 saturated heterocycles. The molecule has 0 spiro atoms. The average Bonchev–Trinajstić information content (AvgIpc) is 2.87. The Morgan fingerprint density at radius 2 is 1.92 bits per heavy atom. The van der Waals surface area contributed by atoms with Crippen LogP contribution in [0.4, 0.5) is 5.82 Å². The SMILES string of the molecule is Cc1ccccc1C(=O)Nc1cc(C)n(Cc2cccc(Cl)c2)n1. The minimum absolute atomic E-state index is 0.152. The van der Waals surface area contributed by atoms with Gasteiger partial charge in [0.15, 0.2) is 5.82 Å². The molecule has 2 aromatic carbocycles. The lowest BCUT2D eigenvalue weighted by molar-refractivity contribution is 0.102. The minimum atomic E-state index is -0.152. The number of carbonyl (C=O) groups is 1. The summed E-state index contributed by atoms with van der Waals surface area (Å²) in [4.78, 5) is 12.4. The van der Waals surface area contributed by atoms with Crippen molar-refractivity contribution in [2.75, 3.05) is 5.32 Å². The number of hydrogen-bond donors (Lipinski definition) is 1. The fraction of sp³-hybridized carbons (Fsp3) is 0.158. The van der Waals surface area contributed by atoms with Crippen molar-refractivity contribution in [1.82, 2.24) is 9.78 Å². The highest BCUT2D eigenvalue weighted by Gasteiger charge is 2.12. The molecule has 1 heterocycles. The normalized spacial score (nSPS) is 10.6. The number of aromatic nitrogens is 2. The molecule has 122 valence electrons. The zero-order valence-corrected chi connectivity index (χ0v) is 14.3. The van der Waals surface area contributed by atoms with Crippen molar-refractivity contribution in [2.45, 2.75) is 20.4 Å². The van der Waals surface area contributed by atoms with Crippen LogP contribution in [0.2, 0.25) is 5.02 Å². The predicted octanol–water partition coefficient (Wildman–Crippen LogP) is 4.45. The van der Waals surface area contributed by atoms with E-state index in [0.717, 1.165) is 16.8 Å². The summed E-state index contributed by atoms with van der Waals surface area (Å²) in [5, 5.41) is 8.03. The lowest BCUT2D eigenvalue weighted by Gasteiger charge is -2.06. The number of benzene rings is 2. The van der Waals surface area contributed by atoms with E-state index in [0.29, 0.717) is 22.9 Å². The van der Waals surface area contributed by atoms with Gasteiger partial charge in [0.05, 0.1) is 6.54 Å². The molecule has 0 aliphatic heterocycles. The molecule has 1 amide bonds. The number of halogens is 1. The van der Waals surface area contributed by atoms with Gasteiger partial charge in [0.1, 0.15) is 0 Å². The standard InChI is InChI=1S/C19H18ClN3O/c1-13-6-3-4-9-17(13)19(24)21-18-10-14(2)23(22-18)12-15-7-5-8-16(20)11-15/h3-11H,12H2,1-2H3,(H,21,22,24). The summed E-state index contributed by atoms with van der Waals surface area (Å²) in [6.45, 7) is 4.48. The van der Waals surface area contributed by atoms with Crippen LogP contribution in [-0.2, 0) is 6.54 Å². The van der Waals surface area contributed by atoms with Gasteiger partial charge in [0.25, 0.3) is 5.91 Å². The highest BCUT2D eigenvalue weighted by atomic mass is 35.5. The number of aryl methyl sites for hydroxylation is 2. The van der Waals surface area contributed by atoms with Crippen LogP contribution < -0.4 is 5.32 Å². The molecule has 24 heavy (non-hydrogen) atoms. The van der Waals surface area contributed by atoms with Crippen molar-refractivity contribution in [1.29, 1.82) is 0 Å². The van der Waals surface area contributed by atoms with Crippen LogP contribution in [0.25, 0.3) is 0 Å². The van der Waals surface area contributed by atoms with Gasteiger partial charge in [-0.1, -0.05) is 41.9 Å². The van der Waals surface area contributed by atoms with E-state index in [4.69, 9.17) is 11.6 Å². The van der Waals surface area contributed by atoms with Gasteiger partial charge in [-0.25, -0.2) is 0 Å². The molecule has 0 radical (unpaired) electrons. The van der Waals surface area contributed by atoms with E-state index < -0.39 is 0 Å². The van der Waals surface area contributed by atoms with Gasteiger partial charge >= 0.3 is 0 Å². The molecule has 0 atom stereocenters. The second kappa shape index (κ2) is 6.89. The van der Waals surface area contributed by atoms with Gasteiger partial charge in [-0.05, 0) is 43.2 Å². The molecule has 3 aromatic rings. The van der Waals surface area contributed by atoms with Crippen LogP contribution in [0.5, 0.6) is 0 Å². The maximum atomic E-state index is 12.4. The highest BCUT2D eigenvalue weighted by molar-refractivity contribution is 6.30. The Morgan fingerprint density at radius 1 is 1.12 bits per heavy atom. The molecule has 0 bridgehead atoms. The van der Waals surface area contributed by atoms with Crippen LogP contribution in [0, 0.1) is 13.8 Å². The highest BCUT2D eigenvalue weighted by Crippen LogP contribution is 2.16. The van der Waals surface area contributed by atoms with E-state index in [1.165, 1.54) is 0 Å². The van der Waals surface area contributed by atoms with Gasteiger partial charge in [-0.15, -0.1) is 0 Å². The van der Waals surface area contributed by atoms with Crippen molar-refractivity contribution in [3.05, 3.63) is 82.0 Å². The van der Waals surface area contributed by atoms with Crippen molar-refractivity contribution in [3.63, 3.8) is 0 Å². The smallest absolute Gasteiger partial charge is 0.257 e. The fourth-order valence-corrected chi connectivity index (χ4v) is 2.76. The van der Waals surface area contributed by atoms with Crippen molar-refractivity contribution in [3.8, 4) is 0 Å². The molecular formula is C19H18ClN3O. The van der Waals surface area contributed by atoms with Crippen molar-refractivity contribution >= 4 is 23.3 Å². The lowest BCUT2D eigenvalue weighted by atomic mass is 10.1. The van der Waals surface area contributed by atoms with Gasteiger partial charge in [-0.2, -0.15) is 5.10 Å². The average molecular weight is 340 g/mol. The van der Waals surface area contributed by atoms with Crippen LogP contribution in [0.3, 0.4) is 0 Å². The first-order valence-corrected chi connectivity index (χ1v) is 8.06. The summed E-state index contributed by atoms with van der Waals surface area (Å²) in [7, 11) is 0. The third-order valence-corrected chi connectivity index (χ3v) is 4.07. The summed E-state index contributed by atoms with van der Waals surface area (Å²) >= 11 is 6.02. The third kappa shape index (κ3) is 3.66. The molecule has 1 aromatic heterocycles. The maximum absolute atomic E-state index is 12.4. The Kier molecular flexibility index (Phi) is 4.67. The number of anilines is 1. The van der Waals surface area contributed by atoms with Crippen molar-refractivity contribution < 1.29 is 4.79 Å². The Hall–Kier alpha value is -2.59. The quantitative estimate of drug-likeness (QED) is 0.763. The number of hydrogen-bond acceptors (Lipinski definition) is 2. The lowest BCUT2D eigenvalue weighted by Crippen LogP contribution is -2.14. The molecular weight excluding hydrogens is 322 g/mol. The molecule has 1 N–H and O–H groups in total. The number of nitrogens with zero attached hydrogens (tertiary/aromatic N) is 2. The summed E-state index contributed by atoms with van der Waals surface area (Å²) in [6.07, 6.45) is 0. The topological polar surface area (TPSA) is 46.9 Å². The largest absolute Gasteiger partial charge is 0.305 e. The van der Waals surface area contributed by atoms with Gasteiger partial charge in [0.2, 0.25) is 0 Å². The second-order valence-corrected chi connectivity index (χ2v) is 6.16. The van der Waals surface area contributed by atoms with E-state index >= 15 is 0 Å².